The lowest BCUT2D eigenvalue weighted by Gasteiger charge is -2.30. The first kappa shape index (κ1) is 50.5. The molecule has 0 heterocycles. The monoisotopic (exact) mass is 747 g/mol. The lowest BCUT2D eigenvalue weighted by molar-refractivity contribution is -0.870. The van der Waals surface area contributed by atoms with E-state index in [9.17, 15) is 19.4 Å². The van der Waals surface area contributed by atoms with Crippen molar-refractivity contribution < 1.29 is 32.9 Å². The van der Waals surface area contributed by atoms with Crippen LogP contribution in [0.25, 0.3) is 0 Å². The van der Waals surface area contributed by atoms with Gasteiger partial charge < -0.3 is 28.8 Å². The third kappa shape index (κ3) is 37.6. The van der Waals surface area contributed by atoms with E-state index in [1.165, 1.54) is 148 Å². The minimum atomic E-state index is -4.55. The number of unbranched alkanes of at least 4 members (excludes halogenated alkanes) is 27. The van der Waals surface area contributed by atoms with Gasteiger partial charge in [-0.05, 0) is 12.8 Å². The van der Waals surface area contributed by atoms with Crippen LogP contribution in [0.5, 0.6) is 0 Å². The van der Waals surface area contributed by atoms with Crippen LogP contribution in [0, 0.1) is 0 Å². The standard InChI is InChI=1S/C42H87N2O6P/c1-6-8-10-12-14-16-18-20-22-23-25-27-29-31-33-35-41(45)40(39-50-51(47,48)49-38-37-44(3,4)5)43-42(46)36-34-32-30-28-26-24-21-19-17-15-13-11-9-7-2/h40-41,45H,6-39H2,1-5H3,(H-,43,46,47,48). The Labute approximate surface area is 317 Å². The number of phosphoric acid groups is 1. The molecule has 0 aromatic rings. The Balaban J connectivity index is 4.36. The van der Waals surface area contributed by atoms with E-state index in [-0.39, 0.29) is 19.1 Å². The third-order valence-electron chi connectivity index (χ3n) is 10.1. The highest BCUT2D eigenvalue weighted by molar-refractivity contribution is 7.45. The molecule has 8 nitrogen and oxygen atoms in total. The molecule has 0 spiro atoms. The average molecular weight is 747 g/mol. The van der Waals surface area contributed by atoms with Gasteiger partial charge in [0.05, 0.1) is 39.9 Å². The van der Waals surface area contributed by atoms with Crippen LogP contribution < -0.4 is 10.2 Å². The van der Waals surface area contributed by atoms with Crippen molar-refractivity contribution in [1.82, 2.24) is 5.32 Å². The summed E-state index contributed by atoms with van der Waals surface area (Å²) >= 11 is 0. The highest BCUT2D eigenvalue weighted by Gasteiger charge is 2.24. The smallest absolute Gasteiger partial charge is 0.268 e. The van der Waals surface area contributed by atoms with E-state index in [4.69, 9.17) is 9.05 Å². The van der Waals surface area contributed by atoms with Crippen LogP contribution in [0.4, 0.5) is 0 Å². The summed E-state index contributed by atoms with van der Waals surface area (Å²) in [6.45, 7) is 4.73. The Kier molecular flexibility index (Phi) is 34.9. The van der Waals surface area contributed by atoms with Crippen LogP contribution in [0.2, 0.25) is 0 Å². The van der Waals surface area contributed by atoms with E-state index in [1.807, 2.05) is 21.1 Å². The number of likely N-dealkylation sites (N-methyl/N-ethyl adjacent to an activating group) is 1. The van der Waals surface area contributed by atoms with Gasteiger partial charge in [-0.15, -0.1) is 0 Å². The minimum Gasteiger partial charge on any atom is -0.756 e. The number of nitrogens with one attached hydrogen (secondary N) is 1. The molecule has 2 N–H and O–H groups in total. The molecule has 0 aromatic carbocycles. The Hall–Kier alpha value is -0.500. The van der Waals surface area contributed by atoms with Crippen molar-refractivity contribution in [1.29, 1.82) is 0 Å². The summed E-state index contributed by atoms with van der Waals surface area (Å²) in [4.78, 5) is 25.3. The topological polar surface area (TPSA) is 108 Å². The van der Waals surface area contributed by atoms with E-state index >= 15 is 0 Å². The number of aliphatic hydroxyl groups excluding tert-OH is 1. The second-order valence-electron chi connectivity index (χ2n) is 16.4. The zero-order valence-electron chi connectivity index (χ0n) is 34.6. The average Bonchev–Trinajstić information content (AvgIpc) is 3.07. The molecule has 9 heteroatoms. The molecule has 0 aliphatic carbocycles. The molecule has 0 saturated carbocycles. The van der Waals surface area contributed by atoms with Crippen LogP contribution in [-0.2, 0) is 18.4 Å². The molecule has 51 heavy (non-hydrogen) atoms. The maximum atomic E-state index is 12.8. The lowest BCUT2D eigenvalue weighted by atomic mass is 10.0. The Morgan fingerprint density at radius 3 is 1.33 bits per heavy atom. The van der Waals surface area contributed by atoms with Gasteiger partial charge >= 0.3 is 0 Å². The van der Waals surface area contributed by atoms with Gasteiger partial charge in [0.15, 0.2) is 0 Å². The minimum absolute atomic E-state index is 0.0160. The van der Waals surface area contributed by atoms with E-state index in [0.717, 1.165) is 38.5 Å². The van der Waals surface area contributed by atoms with Crippen LogP contribution in [0.3, 0.4) is 0 Å². The molecule has 1 amide bonds. The molecule has 0 aliphatic heterocycles. The molecular formula is C42H87N2O6P. The van der Waals surface area contributed by atoms with Crippen molar-refractivity contribution in [2.75, 3.05) is 40.9 Å². The van der Waals surface area contributed by atoms with Crippen LogP contribution >= 0.6 is 7.82 Å². The van der Waals surface area contributed by atoms with Crippen molar-refractivity contribution in [2.24, 2.45) is 0 Å². The number of carbonyl (C=O) groups is 1. The summed E-state index contributed by atoms with van der Waals surface area (Å²) in [6.07, 6.45) is 36.6. The number of quaternary nitrogens is 1. The van der Waals surface area contributed by atoms with Crippen LogP contribution in [0.1, 0.15) is 213 Å². The Morgan fingerprint density at radius 1 is 0.608 bits per heavy atom. The second-order valence-corrected chi connectivity index (χ2v) is 17.8. The summed E-state index contributed by atoms with van der Waals surface area (Å²) in [5.74, 6) is -0.162. The fourth-order valence-corrected chi connectivity index (χ4v) is 7.29. The third-order valence-corrected chi connectivity index (χ3v) is 11.1. The van der Waals surface area contributed by atoms with E-state index in [1.54, 1.807) is 0 Å². The van der Waals surface area contributed by atoms with Crippen LogP contribution in [0.15, 0.2) is 0 Å². The molecule has 0 rings (SSSR count). The normalized spacial score (nSPS) is 14.4. The summed E-state index contributed by atoms with van der Waals surface area (Å²) in [7, 11) is 1.32. The SMILES string of the molecule is CCCCCCCCCCCCCCCCCC(O)C(COP(=O)([O-])OCC[N+](C)(C)C)NC(=O)CCCCCCCCCCCCCCCC. The van der Waals surface area contributed by atoms with Crippen molar-refractivity contribution in [2.45, 2.75) is 225 Å². The van der Waals surface area contributed by atoms with Gasteiger partial charge in [-0.25, -0.2) is 0 Å². The van der Waals surface area contributed by atoms with Gasteiger partial charge in [0, 0.05) is 6.42 Å². The number of hydrogen-bond donors (Lipinski definition) is 2. The fourth-order valence-electron chi connectivity index (χ4n) is 6.57. The van der Waals surface area contributed by atoms with Crippen molar-refractivity contribution in [3.63, 3.8) is 0 Å². The Morgan fingerprint density at radius 2 is 0.961 bits per heavy atom. The van der Waals surface area contributed by atoms with E-state index < -0.39 is 20.0 Å². The molecule has 306 valence electrons. The fraction of sp³-hybridized carbons (Fsp3) is 0.976. The molecule has 3 atom stereocenters. The molecule has 0 radical (unpaired) electrons. The van der Waals surface area contributed by atoms with E-state index in [2.05, 4.69) is 19.2 Å². The number of amides is 1. The molecule has 0 aliphatic rings. The Bertz CT molecular complexity index is 809. The van der Waals surface area contributed by atoms with Gasteiger partial charge in [-0.3, -0.25) is 9.36 Å². The first-order chi connectivity index (χ1) is 24.5. The van der Waals surface area contributed by atoms with Crippen molar-refractivity contribution >= 4 is 13.7 Å². The van der Waals surface area contributed by atoms with Gasteiger partial charge in [0.2, 0.25) is 5.91 Å². The summed E-state index contributed by atoms with van der Waals surface area (Å²) in [6, 6.07) is -0.792. The quantitative estimate of drug-likeness (QED) is 0.0367. The highest BCUT2D eigenvalue weighted by atomic mass is 31.2. The first-order valence-corrected chi connectivity index (χ1v) is 23.3. The van der Waals surface area contributed by atoms with Gasteiger partial charge in [0.1, 0.15) is 13.2 Å². The number of carbonyl (C=O) groups excluding carboxylic acids is 1. The maximum Gasteiger partial charge on any atom is 0.268 e. The summed E-state index contributed by atoms with van der Waals surface area (Å²) in [5.41, 5.74) is 0. The van der Waals surface area contributed by atoms with Crippen molar-refractivity contribution in [3.05, 3.63) is 0 Å². The molecule has 0 bridgehead atoms. The molecule has 0 saturated heterocycles. The molecule has 0 aromatic heterocycles. The maximum absolute atomic E-state index is 12.8. The number of rotatable bonds is 40. The zero-order valence-corrected chi connectivity index (χ0v) is 35.5. The molecule has 3 unspecified atom stereocenters. The number of aliphatic hydroxyl groups is 1. The van der Waals surface area contributed by atoms with Crippen molar-refractivity contribution in [3.8, 4) is 0 Å². The zero-order chi connectivity index (χ0) is 37.9. The van der Waals surface area contributed by atoms with Gasteiger partial charge in [-0.1, -0.05) is 194 Å². The summed E-state index contributed by atoms with van der Waals surface area (Å²) in [5, 5.41) is 13.9. The number of phosphoric ester groups is 1. The van der Waals surface area contributed by atoms with Gasteiger partial charge in [0.25, 0.3) is 7.82 Å². The molecule has 0 fully saturated rings. The highest BCUT2D eigenvalue weighted by Crippen LogP contribution is 2.38. The van der Waals surface area contributed by atoms with E-state index in [0.29, 0.717) is 23.9 Å². The summed E-state index contributed by atoms with van der Waals surface area (Å²) < 4.78 is 23.2. The lowest BCUT2D eigenvalue weighted by Crippen LogP contribution is -2.46. The number of hydrogen-bond acceptors (Lipinski definition) is 6. The largest absolute Gasteiger partial charge is 0.756 e. The predicted molar refractivity (Wildman–Crippen MR) is 215 cm³/mol. The molecular weight excluding hydrogens is 659 g/mol. The van der Waals surface area contributed by atoms with Gasteiger partial charge in [-0.2, -0.15) is 0 Å². The first-order valence-electron chi connectivity index (χ1n) is 21.9. The van der Waals surface area contributed by atoms with Crippen LogP contribution in [-0.4, -0.2) is 68.5 Å². The second kappa shape index (κ2) is 35.2. The predicted octanol–water partition coefficient (Wildman–Crippen LogP) is 11.2. The number of nitrogens with zero attached hydrogens (tertiary/aromatic N) is 1.